The molecule has 0 amide bonds. The Kier molecular flexibility index (Phi) is 4.13. The minimum Gasteiger partial charge on any atom is -0.293 e. The van der Waals surface area contributed by atoms with Gasteiger partial charge in [0, 0.05) is 23.9 Å². The molecule has 0 aliphatic heterocycles. The van der Waals surface area contributed by atoms with Gasteiger partial charge in [0.25, 0.3) is 14.6 Å². The Bertz CT molecular complexity index is 928. The molecule has 0 atom stereocenters. The van der Waals surface area contributed by atoms with Crippen LogP contribution in [-0.4, -0.2) is 27.7 Å². The fraction of sp³-hybridized carbons (Fsp3) is 0.300. The number of aryl methyl sites for hydroxylation is 2. The minimum atomic E-state index is -4.25. The molecule has 0 aliphatic rings. The highest BCUT2D eigenvalue weighted by molar-refractivity contribution is 9.10. The van der Waals surface area contributed by atoms with Crippen molar-refractivity contribution in [2.24, 2.45) is 7.05 Å². The largest absolute Gasteiger partial charge is 0.328 e. The summed E-state index contributed by atoms with van der Waals surface area (Å²) >= 11 is 3.34. The molecule has 2 aromatic heterocycles. The van der Waals surface area contributed by atoms with Crippen molar-refractivity contribution in [1.29, 1.82) is 0 Å². The average Bonchev–Trinajstić information content (AvgIpc) is 2.57. The Morgan fingerprint density at radius 2 is 2.05 bits per heavy atom. The highest BCUT2D eigenvalue weighted by Crippen LogP contribution is 2.20. The van der Waals surface area contributed by atoms with Gasteiger partial charge in [0.15, 0.2) is 4.90 Å². The van der Waals surface area contributed by atoms with Crippen LogP contribution >= 0.6 is 26.6 Å². The fourth-order valence-corrected chi connectivity index (χ4v) is 3.11. The maximum Gasteiger partial charge on any atom is 0.328 e. The van der Waals surface area contributed by atoms with Gasteiger partial charge >= 0.3 is 5.69 Å². The molecular formula is C10H10BrClN4O4S. The predicted octanol–water partition coefficient (Wildman–Crippen LogP) is 0.317. The van der Waals surface area contributed by atoms with Gasteiger partial charge in [-0.2, -0.15) is 5.10 Å². The summed E-state index contributed by atoms with van der Waals surface area (Å²) in [4.78, 5) is 24.5. The van der Waals surface area contributed by atoms with Crippen LogP contribution in [0.15, 0.2) is 25.2 Å². The summed E-state index contributed by atoms with van der Waals surface area (Å²) in [7, 11) is 2.61. The quantitative estimate of drug-likeness (QED) is 0.751. The zero-order chi connectivity index (χ0) is 15.9. The molecule has 8 nitrogen and oxygen atoms in total. The Labute approximate surface area is 131 Å². The molecule has 0 aromatic carbocycles. The second kappa shape index (κ2) is 5.43. The highest BCUT2D eigenvalue weighted by Gasteiger charge is 2.19. The first-order valence-corrected chi connectivity index (χ1v) is 8.68. The van der Waals surface area contributed by atoms with E-state index < -0.39 is 25.2 Å². The monoisotopic (exact) mass is 396 g/mol. The zero-order valence-corrected chi connectivity index (χ0v) is 14.1. The molecule has 0 aliphatic carbocycles. The minimum absolute atomic E-state index is 0.0208. The SMILES string of the molecule is Cc1nn(C)c(Cn2cc(S(=O)(=O)Cl)c(=O)[nH]c2=O)c1Br. The number of hydrogen-bond donors (Lipinski definition) is 1. The average molecular weight is 398 g/mol. The van der Waals surface area contributed by atoms with E-state index in [1.807, 2.05) is 4.98 Å². The van der Waals surface area contributed by atoms with E-state index in [4.69, 9.17) is 10.7 Å². The summed E-state index contributed by atoms with van der Waals surface area (Å²) in [6.45, 7) is 1.80. The van der Waals surface area contributed by atoms with E-state index in [0.717, 1.165) is 16.5 Å². The summed E-state index contributed by atoms with van der Waals surface area (Å²) in [5, 5.41) is 4.16. The molecule has 0 saturated heterocycles. The van der Waals surface area contributed by atoms with Gasteiger partial charge in [-0.25, -0.2) is 13.2 Å². The molecule has 0 fully saturated rings. The lowest BCUT2D eigenvalue weighted by Gasteiger charge is -2.07. The van der Waals surface area contributed by atoms with Crippen LogP contribution in [0.1, 0.15) is 11.4 Å². The van der Waals surface area contributed by atoms with Crippen LogP contribution in [0.25, 0.3) is 0 Å². The Hall–Kier alpha value is -1.39. The van der Waals surface area contributed by atoms with Crippen molar-refractivity contribution in [1.82, 2.24) is 19.3 Å². The highest BCUT2D eigenvalue weighted by atomic mass is 79.9. The number of aromatic nitrogens is 4. The molecule has 2 heterocycles. The number of nitrogens with one attached hydrogen (secondary N) is 1. The van der Waals surface area contributed by atoms with E-state index in [-0.39, 0.29) is 6.54 Å². The van der Waals surface area contributed by atoms with E-state index in [1.165, 1.54) is 0 Å². The van der Waals surface area contributed by atoms with Crippen molar-refractivity contribution in [3.05, 3.63) is 42.9 Å². The number of halogens is 2. The molecular weight excluding hydrogens is 388 g/mol. The second-order valence-corrected chi connectivity index (χ2v) is 7.62. The Balaban J connectivity index is 2.61. The number of rotatable bonds is 3. The van der Waals surface area contributed by atoms with E-state index in [2.05, 4.69) is 21.0 Å². The fourth-order valence-electron chi connectivity index (χ4n) is 1.79. The summed E-state index contributed by atoms with van der Waals surface area (Å²) in [6, 6.07) is 0. The molecule has 0 saturated carbocycles. The molecule has 0 bridgehead atoms. The number of aromatic amines is 1. The van der Waals surface area contributed by atoms with Gasteiger partial charge in [-0.3, -0.25) is 19.0 Å². The van der Waals surface area contributed by atoms with Crippen LogP contribution in [-0.2, 0) is 22.6 Å². The van der Waals surface area contributed by atoms with Crippen molar-refractivity contribution < 1.29 is 8.42 Å². The zero-order valence-electron chi connectivity index (χ0n) is 10.9. The number of H-pyrrole nitrogens is 1. The topological polar surface area (TPSA) is 107 Å². The molecule has 114 valence electrons. The van der Waals surface area contributed by atoms with Crippen LogP contribution in [0.4, 0.5) is 0 Å². The molecule has 0 unspecified atom stereocenters. The normalized spacial score (nSPS) is 11.8. The smallest absolute Gasteiger partial charge is 0.293 e. The lowest BCUT2D eigenvalue weighted by Crippen LogP contribution is -2.32. The lowest BCUT2D eigenvalue weighted by molar-refractivity contribution is 0.598. The van der Waals surface area contributed by atoms with Gasteiger partial charge < -0.3 is 0 Å². The third-order valence-corrected chi connectivity index (χ3v) is 5.17. The third kappa shape index (κ3) is 3.11. The van der Waals surface area contributed by atoms with Gasteiger partial charge in [-0.15, -0.1) is 0 Å². The van der Waals surface area contributed by atoms with Crippen molar-refractivity contribution >= 4 is 35.7 Å². The van der Waals surface area contributed by atoms with Crippen LogP contribution in [0.2, 0.25) is 0 Å². The molecule has 2 aromatic rings. The van der Waals surface area contributed by atoms with Crippen molar-refractivity contribution in [3.63, 3.8) is 0 Å². The van der Waals surface area contributed by atoms with Gasteiger partial charge in [-0.05, 0) is 22.9 Å². The molecule has 11 heteroatoms. The maximum atomic E-state index is 11.8. The molecule has 0 radical (unpaired) electrons. The summed E-state index contributed by atoms with van der Waals surface area (Å²) in [5.41, 5.74) is -0.434. The molecule has 21 heavy (non-hydrogen) atoms. The van der Waals surface area contributed by atoms with Gasteiger partial charge in [0.05, 0.1) is 22.4 Å². The molecule has 2 rings (SSSR count). The van der Waals surface area contributed by atoms with Gasteiger partial charge in [0.2, 0.25) is 0 Å². The summed E-state index contributed by atoms with van der Waals surface area (Å²) in [5.74, 6) is 0. The first-order chi connectivity index (χ1) is 9.61. The first-order valence-electron chi connectivity index (χ1n) is 5.57. The lowest BCUT2D eigenvalue weighted by atomic mass is 10.3. The Morgan fingerprint density at radius 3 is 2.52 bits per heavy atom. The maximum absolute atomic E-state index is 11.8. The molecule has 0 spiro atoms. The van der Waals surface area contributed by atoms with Crippen molar-refractivity contribution in [3.8, 4) is 0 Å². The second-order valence-electron chi connectivity index (χ2n) is 4.29. The predicted molar refractivity (Wildman–Crippen MR) is 79.1 cm³/mol. The number of hydrogen-bond acceptors (Lipinski definition) is 5. The van der Waals surface area contributed by atoms with Gasteiger partial charge in [-0.1, -0.05) is 0 Å². The van der Waals surface area contributed by atoms with E-state index >= 15 is 0 Å². The standard InChI is InChI=1S/C10H10BrClN4O4S/c1-5-8(11)6(15(2)14-5)3-16-4-7(21(12,19)20)9(17)13-10(16)18/h4H,3H2,1-2H3,(H,13,17,18). The van der Waals surface area contributed by atoms with Crippen LogP contribution in [0, 0.1) is 6.92 Å². The van der Waals surface area contributed by atoms with Gasteiger partial charge in [0.1, 0.15) is 0 Å². The number of nitrogens with zero attached hydrogens (tertiary/aromatic N) is 3. The first kappa shape index (κ1) is 16.0. The Morgan fingerprint density at radius 1 is 1.43 bits per heavy atom. The third-order valence-electron chi connectivity index (χ3n) is 2.82. The van der Waals surface area contributed by atoms with Crippen LogP contribution < -0.4 is 11.2 Å². The molecule has 1 N–H and O–H groups in total. The van der Waals surface area contributed by atoms with E-state index in [9.17, 15) is 18.0 Å². The van der Waals surface area contributed by atoms with Crippen LogP contribution in [0.5, 0.6) is 0 Å². The summed E-state index contributed by atoms with van der Waals surface area (Å²) < 4.78 is 25.9. The van der Waals surface area contributed by atoms with Crippen molar-refractivity contribution in [2.75, 3.05) is 0 Å². The van der Waals surface area contributed by atoms with Crippen molar-refractivity contribution in [2.45, 2.75) is 18.4 Å². The van der Waals surface area contributed by atoms with Crippen LogP contribution in [0.3, 0.4) is 0 Å². The van der Waals surface area contributed by atoms with E-state index in [1.54, 1.807) is 18.7 Å². The van der Waals surface area contributed by atoms with E-state index in [0.29, 0.717) is 10.2 Å². The summed E-state index contributed by atoms with van der Waals surface area (Å²) in [6.07, 6.45) is 0.915.